The molecule has 0 aliphatic rings. The zero-order valence-electron chi connectivity index (χ0n) is 17.2. The fourth-order valence-electron chi connectivity index (χ4n) is 3.41. The Morgan fingerprint density at radius 2 is 1.83 bits per heavy atom. The summed E-state index contributed by atoms with van der Waals surface area (Å²) in [5, 5.41) is 17.8. The van der Waals surface area contributed by atoms with Crippen LogP contribution in [0.4, 0.5) is 0 Å². The van der Waals surface area contributed by atoms with Crippen LogP contribution in [0, 0.1) is 0 Å². The molecule has 4 rings (SSSR count). The van der Waals surface area contributed by atoms with Gasteiger partial charge in [0.1, 0.15) is 5.82 Å². The number of pyridine rings is 1. The molecule has 2 heterocycles. The first-order chi connectivity index (χ1) is 14.2. The van der Waals surface area contributed by atoms with Crippen LogP contribution < -0.4 is 10.6 Å². The van der Waals surface area contributed by atoms with Gasteiger partial charge in [0, 0.05) is 25.7 Å². The van der Waals surface area contributed by atoms with Crippen LogP contribution in [0.5, 0.6) is 0 Å². The van der Waals surface area contributed by atoms with Gasteiger partial charge in [-0.25, -0.2) is 0 Å². The Bertz CT molecular complexity index is 1140. The molecule has 2 aromatic heterocycles. The molecule has 1 atom stereocenters. The van der Waals surface area contributed by atoms with Crippen molar-refractivity contribution in [2.45, 2.75) is 26.3 Å². The molecule has 0 fully saturated rings. The van der Waals surface area contributed by atoms with Crippen LogP contribution in [0.25, 0.3) is 16.4 Å². The first kappa shape index (κ1) is 22.0. The lowest BCUT2D eigenvalue weighted by Gasteiger charge is -2.18. The average Bonchev–Trinajstić information content (AvgIpc) is 3.16. The number of guanidine groups is 1. The first-order valence-electron chi connectivity index (χ1n) is 10.1. The molecule has 0 spiro atoms. The number of rotatable bonds is 6. The average molecular weight is 514 g/mol. The van der Waals surface area contributed by atoms with E-state index in [0.717, 1.165) is 30.4 Å². The molecule has 156 valence electrons. The molecular weight excluding hydrogens is 487 g/mol. The molecule has 2 aromatic carbocycles. The van der Waals surface area contributed by atoms with Crippen molar-refractivity contribution in [1.29, 1.82) is 0 Å². The molecule has 2 N–H and O–H groups in total. The summed E-state index contributed by atoms with van der Waals surface area (Å²) in [5.74, 6) is 1.73. The number of benzene rings is 2. The molecule has 4 aromatic rings. The van der Waals surface area contributed by atoms with Gasteiger partial charge in [-0.15, -0.1) is 34.2 Å². The van der Waals surface area contributed by atoms with Crippen LogP contribution in [0.3, 0.4) is 0 Å². The van der Waals surface area contributed by atoms with Crippen LogP contribution in [-0.2, 0) is 6.42 Å². The highest BCUT2D eigenvalue weighted by molar-refractivity contribution is 14.0. The van der Waals surface area contributed by atoms with E-state index in [4.69, 9.17) is 4.99 Å². The zero-order chi connectivity index (χ0) is 20.1. The van der Waals surface area contributed by atoms with Crippen molar-refractivity contribution >= 4 is 46.4 Å². The number of nitrogens with one attached hydrogen (secondary N) is 2. The monoisotopic (exact) mass is 514 g/mol. The van der Waals surface area contributed by atoms with Crippen molar-refractivity contribution in [3.8, 4) is 0 Å². The van der Waals surface area contributed by atoms with E-state index in [-0.39, 0.29) is 30.0 Å². The summed E-state index contributed by atoms with van der Waals surface area (Å²) in [4.78, 5) is 4.74. The van der Waals surface area contributed by atoms with Gasteiger partial charge in [0.2, 0.25) is 0 Å². The molecule has 0 radical (unpaired) electrons. The molecule has 0 aliphatic carbocycles. The van der Waals surface area contributed by atoms with E-state index < -0.39 is 0 Å². The highest BCUT2D eigenvalue weighted by Crippen LogP contribution is 2.20. The molecule has 6 nitrogen and oxygen atoms in total. The minimum atomic E-state index is 0. The Balaban J connectivity index is 0.00000256. The van der Waals surface area contributed by atoms with Crippen LogP contribution in [0.15, 0.2) is 71.9 Å². The van der Waals surface area contributed by atoms with E-state index in [0.29, 0.717) is 6.54 Å². The van der Waals surface area contributed by atoms with Gasteiger partial charge in [0.25, 0.3) is 0 Å². The summed E-state index contributed by atoms with van der Waals surface area (Å²) < 4.78 is 2.01. The molecular formula is C23H27IN6. The van der Waals surface area contributed by atoms with Crippen molar-refractivity contribution in [3.63, 3.8) is 0 Å². The zero-order valence-corrected chi connectivity index (χ0v) is 19.6. The molecule has 30 heavy (non-hydrogen) atoms. The molecule has 0 saturated carbocycles. The summed E-state index contributed by atoms with van der Waals surface area (Å²) in [6.07, 6.45) is 2.71. The van der Waals surface area contributed by atoms with Gasteiger partial charge < -0.3 is 10.6 Å². The van der Waals surface area contributed by atoms with Crippen molar-refractivity contribution in [1.82, 2.24) is 25.2 Å². The summed E-state index contributed by atoms with van der Waals surface area (Å²) in [5.41, 5.74) is 2.10. The number of aromatic nitrogens is 3. The van der Waals surface area contributed by atoms with E-state index >= 15 is 0 Å². The van der Waals surface area contributed by atoms with Gasteiger partial charge in [0.05, 0.1) is 6.04 Å². The number of nitrogens with zero attached hydrogens (tertiary/aromatic N) is 4. The molecule has 0 saturated heterocycles. The minimum Gasteiger partial charge on any atom is -0.357 e. The quantitative estimate of drug-likeness (QED) is 0.228. The largest absolute Gasteiger partial charge is 0.357 e. The highest BCUT2D eigenvalue weighted by atomic mass is 127. The van der Waals surface area contributed by atoms with E-state index in [1.165, 1.54) is 16.3 Å². The second-order valence-corrected chi connectivity index (χ2v) is 7.03. The predicted molar refractivity (Wildman–Crippen MR) is 134 cm³/mol. The van der Waals surface area contributed by atoms with Crippen LogP contribution in [0.1, 0.15) is 31.3 Å². The summed E-state index contributed by atoms with van der Waals surface area (Å²) in [6.45, 7) is 5.67. The van der Waals surface area contributed by atoms with Crippen LogP contribution in [-0.4, -0.2) is 33.6 Å². The maximum absolute atomic E-state index is 4.74. The molecule has 0 bridgehead atoms. The second kappa shape index (κ2) is 10.4. The van der Waals surface area contributed by atoms with Crippen molar-refractivity contribution < 1.29 is 0 Å². The smallest absolute Gasteiger partial charge is 0.191 e. The SMILES string of the molecule is CCNC(=NCCc1nnc2ccccn12)NC(C)c1ccc2ccccc2c1.I. The van der Waals surface area contributed by atoms with Gasteiger partial charge in [-0.2, -0.15) is 0 Å². The van der Waals surface area contributed by atoms with Gasteiger partial charge in [-0.3, -0.25) is 9.39 Å². The van der Waals surface area contributed by atoms with Crippen molar-refractivity contribution in [3.05, 3.63) is 78.2 Å². The Labute approximate surface area is 193 Å². The van der Waals surface area contributed by atoms with E-state index in [2.05, 4.69) is 77.1 Å². The molecule has 1 unspecified atom stereocenters. The normalized spacial score (nSPS) is 12.5. The summed E-state index contributed by atoms with van der Waals surface area (Å²) >= 11 is 0. The lowest BCUT2D eigenvalue weighted by Crippen LogP contribution is -2.38. The Morgan fingerprint density at radius 3 is 2.67 bits per heavy atom. The molecule has 0 amide bonds. The lowest BCUT2D eigenvalue weighted by molar-refractivity contribution is 0.685. The van der Waals surface area contributed by atoms with Gasteiger partial charge in [-0.05, 0) is 48.4 Å². The Kier molecular flexibility index (Phi) is 7.62. The third kappa shape index (κ3) is 5.08. The van der Waals surface area contributed by atoms with Gasteiger partial charge in [0.15, 0.2) is 11.6 Å². The third-order valence-electron chi connectivity index (χ3n) is 4.96. The first-order valence-corrected chi connectivity index (χ1v) is 10.1. The molecule has 7 heteroatoms. The van der Waals surface area contributed by atoms with E-state index in [9.17, 15) is 0 Å². The maximum Gasteiger partial charge on any atom is 0.191 e. The predicted octanol–water partition coefficient (Wildman–Crippen LogP) is 4.36. The maximum atomic E-state index is 4.74. The van der Waals surface area contributed by atoms with Crippen LogP contribution in [0.2, 0.25) is 0 Å². The fourth-order valence-corrected chi connectivity index (χ4v) is 3.41. The lowest BCUT2D eigenvalue weighted by atomic mass is 10.0. The highest BCUT2D eigenvalue weighted by Gasteiger charge is 2.09. The number of hydrogen-bond acceptors (Lipinski definition) is 3. The van der Waals surface area contributed by atoms with Crippen LogP contribution >= 0.6 is 24.0 Å². The number of halogens is 1. The second-order valence-electron chi connectivity index (χ2n) is 7.03. The fraction of sp³-hybridized carbons (Fsp3) is 0.261. The summed E-state index contributed by atoms with van der Waals surface area (Å²) in [7, 11) is 0. The van der Waals surface area contributed by atoms with Gasteiger partial charge >= 0.3 is 0 Å². The minimum absolute atomic E-state index is 0. The summed E-state index contributed by atoms with van der Waals surface area (Å²) in [6, 6.07) is 21.1. The number of aliphatic imine (C=N–C) groups is 1. The van der Waals surface area contributed by atoms with E-state index in [1.807, 2.05) is 28.8 Å². The molecule has 0 aliphatic heterocycles. The number of hydrogen-bond donors (Lipinski definition) is 2. The standard InChI is InChI=1S/C23H26N6.HI/c1-3-24-23(25-14-13-22-28-27-21-10-6-7-15-29(21)22)26-17(2)19-12-11-18-8-4-5-9-20(18)16-19;/h4-12,15-17H,3,13-14H2,1-2H3,(H2,24,25,26);1H. The number of fused-ring (bicyclic) bond motifs is 2. The van der Waals surface area contributed by atoms with Crippen molar-refractivity contribution in [2.24, 2.45) is 4.99 Å². The van der Waals surface area contributed by atoms with Gasteiger partial charge in [-0.1, -0.05) is 42.5 Å². The Morgan fingerprint density at radius 1 is 1.03 bits per heavy atom. The third-order valence-corrected chi connectivity index (χ3v) is 4.96. The Hall–Kier alpha value is -2.68. The van der Waals surface area contributed by atoms with E-state index in [1.54, 1.807) is 0 Å². The van der Waals surface area contributed by atoms with Crippen molar-refractivity contribution in [2.75, 3.05) is 13.1 Å². The topological polar surface area (TPSA) is 66.6 Å².